The second-order valence-electron chi connectivity index (χ2n) is 4.33. The zero-order chi connectivity index (χ0) is 15.4. The van der Waals surface area contributed by atoms with Crippen LogP contribution in [0.15, 0.2) is 28.2 Å². The number of urea groups is 1. The van der Waals surface area contributed by atoms with E-state index < -0.39 is 17.8 Å². The lowest BCUT2D eigenvalue weighted by Gasteiger charge is -2.14. The van der Waals surface area contributed by atoms with Crippen molar-refractivity contribution in [2.45, 2.75) is 13.3 Å². The minimum Gasteiger partial charge on any atom is -0.492 e. The Morgan fingerprint density at radius 2 is 1.86 bits per heavy atom. The number of hydrogen-bond donors (Lipinski definition) is 2. The van der Waals surface area contributed by atoms with Crippen LogP contribution in [0.4, 0.5) is 4.79 Å². The number of hydrogen-bond acceptors (Lipinski definition) is 4. The molecule has 21 heavy (non-hydrogen) atoms. The molecule has 110 valence electrons. The molecule has 0 aromatic heterocycles. The van der Waals surface area contributed by atoms with Crippen LogP contribution in [-0.4, -0.2) is 24.5 Å². The molecule has 0 spiro atoms. The van der Waals surface area contributed by atoms with Crippen LogP contribution in [0.5, 0.6) is 5.75 Å². The number of imide groups is 2. The maximum atomic E-state index is 11.6. The fourth-order valence-corrected chi connectivity index (χ4v) is 2.22. The highest BCUT2D eigenvalue weighted by Gasteiger charge is 2.27. The molecule has 1 heterocycles. The molecule has 1 aliphatic rings. The number of benzene rings is 1. The summed E-state index contributed by atoms with van der Waals surface area (Å²) >= 11 is 3.37. The SMILES string of the molecule is CCCOc1ccc(C=C2C(=O)NC(=O)NC2=O)cc1Br. The molecule has 4 amide bonds. The van der Waals surface area contributed by atoms with Crippen molar-refractivity contribution >= 4 is 39.9 Å². The van der Waals surface area contributed by atoms with E-state index in [9.17, 15) is 14.4 Å². The monoisotopic (exact) mass is 352 g/mol. The highest BCUT2D eigenvalue weighted by Crippen LogP contribution is 2.27. The third-order valence-corrected chi connectivity index (χ3v) is 3.29. The molecule has 2 N–H and O–H groups in total. The van der Waals surface area contributed by atoms with Crippen LogP contribution < -0.4 is 15.4 Å². The van der Waals surface area contributed by atoms with Gasteiger partial charge in [0.05, 0.1) is 11.1 Å². The average Bonchev–Trinajstić information content (AvgIpc) is 2.42. The summed E-state index contributed by atoms with van der Waals surface area (Å²) in [5.74, 6) is -0.746. The molecule has 0 unspecified atom stereocenters. The predicted molar refractivity (Wildman–Crippen MR) is 79.6 cm³/mol. The summed E-state index contributed by atoms with van der Waals surface area (Å²) in [6.07, 6.45) is 2.30. The molecule has 0 aliphatic carbocycles. The normalized spacial score (nSPS) is 14.6. The summed E-state index contributed by atoms with van der Waals surface area (Å²) in [7, 11) is 0. The van der Waals surface area contributed by atoms with Gasteiger partial charge >= 0.3 is 6.03 Å². The minimum absolute atomic E-state index is 0.122. The van der Waals surface area contributed by atoms with Crippen molar-refractivity contribution in [2.75, 3.05) is 6.61 Å². The van der Waals surface area contributed by atoms with Crippen LogP contribution in [-0.2, 0) is 9.59 Å². The van der Waals surface area contributed by atoms with Crippen molar-refractivity contribution in [3.8, 4) is 5.75 Å². The van der Waals surface area contributed by atoms with Gasteiger partial charge in [0.2, 0.25) is 0 Å². The van der Waals surface area contributed by atoms with Gasteiger partial charge in [-0.15, -0.1) is 0 Å². The molecular weight excluding hydrogens is 340 g/mol. The van der Waals surface area contributed by atoms with Crippen LogP contribution in [0.25, 0.3) is 6.08 Å². The summed E-state index contributed by atoms with van der Waals surface area (Å²) in [5.41, 5.74) is 0.518. The molecule has 0 saturated carbocycles. The molecule has 1 aromatic rings. The topological polar surface area (TPSA) is 84.5 Å². The van der Waals surface area contributed by atoms with Gasteiger partial charge in [-0.25, -0.2) is 4.79 Å². The molecule has 0 bridgehead atoms. The summed E-state index contributed by atoms with van der Waals surface area (Å²) < 4.78 is 6.24. The van der Waals surface area contributed by atoms with E-state index in [1.165, 1.54) is 6.08 Å². The quantitative estimate of drug-likeness (QED) is 0.641. The second kappa shape index (κ2) is 6.53. The van der Waals surface area contributed by atoms with Gasteiger partial charge in [-0.1, -0.05) is 13.0 Å². The molecule has 0 atom stereocenters. The first-order valence-electron chi connectivity index (χ1n) is 6.32. The number of barbiturate groups is 1. The zero-order valence-electron chi connectivity index (χ0n) is 11.2. The molecule has 1 aromatic carbocycles. The van der Waals surface area contributed by atoms with E-state index in [1.54, 1.807) is 18.2 Å². The highest BCUT2D eigenvalue weighted by atomic mass is 79.9. The Balaban J connectivity index is 2.24. The van der Waals surface area contributed by atoms with Gasteiger partial charge in [-0.2, -0.15) is 0 Å². The highest BCUT2D eigenvalue weighted by molar-refractivity contribution is 9.10. The molecule has 2 rings (SSSR count). The molecule has 1 saturated heterocycles. The molecule has 1 aliphatic heterocycles. The summed E-state index contributed by atoms with van der Waals surface area (Å²) in [5, 5.41) is 4.04. The average molecular weight is 353 g/mol. The smallest absolute Gasteiger partial charge is 0.328 e. The van der Waals surface area contributed by atoms with Gasteiger partial charge in [0.15, 0.2) is 0 Å². The molecule has 0 radical (unpaired) electrons. The first kappa shape index (κ1) is 15.2. The van der Waals surface area contributed by atoms with E-state index in [-0.39, 0.29) is 5.57 Å². The van der Waals surface area contributed by atoms with E-state index in [4.69, 9.17) is 4.74 Å². The number of amides is 4. The summed E-state index contributed by atoms with van der Waals surface area (Å²) in [4.78, 5) is 34.2. The maximum absolute atomic E-state index is 11.6. The molecule has 1 fully saturated rings. The predicted octanol–water partition coefficient (Wildman–Crippen LogP) is 1.99. The Bertz CT molecular complexity index is 618. The van der Waals surface area contributed by atoms with Gasteiger partial charge in [0.1, 0.15) is 11.3 Å². The lowest BCUT2D eigenvalue weighted by atomic mass is 10.1. The summed E-state index contributed by atoms with van der Waals surface area (Å²) in [6.45, 7) is 2.61. The number of rotatable bonds is 4. The zero-order valence-corrected chi connectivity index (χ0v) is 12.8. The number of carbonyl (C=O) groups excluding carboxylic acids is 3. The lowest BCUT2D eigenvalue weighted by molar-refractivity contribution is -0.123. The molecular formula is C14H13BrN2O4. The third kappa shape index (κ3) is 3.69. The molecule has 7 heteroatoms. The van der Waals surface area contributed by atoms with Crippen molar-refractivity contribution in [2.24, 2.45) is 0 Å². The van der Waals surface area contributed by atoms with Crippen LogP contribution in [0.2, 0.25) is 0 Å². The number of halogens is 1. The van der Waals surface area contributed by atoms with Gasteiger partial charge in [0.25, 0.3) is 11.8 Å². The van der Waals surface area contributed by atoms with Crippen molar-refractivity contribution in [3.05, 3.63) is 33.8 Å². The first-order chi connectivity index (χ1) is 10.0. The second-order valence-corrected chi connectivity index (χ2v) is 5.19. The van der Waals surface area contributed by atoms with E-state index in [2.05, 4.69) is 15.9 Å². The Morgan fingerprint density at radius 1 is 1.19 bits per heavy atom. The van der Waals surface area contributed by atoms with E-state index >= 15 is 0 Å². The van der Waals surface area contributed by atoms with Gasteiger partial charge in [-0.3, -0.25) is 20.2 Å². The minimum atomic E-state index is -0.813. The standard InChI is InChI=1S/C14H13BrN2O4/c1-2-5-21-11-4-3-8(7-10(11)15)6-9-12(18)16-14(20)17-13(9)19/h3-4,6-7H,2,5H2,1H3,(H2,16,17,18,19,20). The Kier molecular flexibility index (Phi) is 4.74. The van der Waals surface area contributed by atoms with Crippen LogP contribution in [0.3, 0.4) is 0 Å². The fraction of sp³-hybridized carbons (Fsp3) is 0.214. The van der Waals surface area contributed by atoms with Crippen LogP contribution in [0.1, 0.15) is 18.9 Å². The Hall–Kier alpha value is -2.15. The number of nitrogens with one attached hydrogen (secondary N) is 2. The van der Waals surface area contributed by atoms with E-state index in [1.807, 2.05) is 17.6 Å². The van der Waals surface area contributed by atoms with Crippen LogP contribution in [0, 0.1) is 0 Å². The lowest BCUT2D eigenvalue weighted by Crippen LogP contribution is -2.51. The van der Waals surface area contributed by atoms with Crippen molar-refractivity contribution in [1.29, 1.82) is 0 Å². The Labute approximate surface area is 129 Å². The van der Waals surface area contributed by atoms with Gasteiger partial charge in [0, 0.05) is 0 Å². The Morgan fingerprint density at radius 3 is 2.43 bits per heavy atom. The van der Waals surface area contributed by atoms with E-state index in [0.717, 1.165) is 10.9 Å². The fourth-order valence-electron chi connectivity index (χ4n) is 1.71. The number of carbonyl (C=O) groups is 3. The van der Waals surface area contributed by atoms with E-state index in [0.29, 0.717) is 17.9 Å². The molecule has 6 nitrogen and oxygen atoms in total. The van der Waals surface area contributed by atoms with Crippen molar-refractivity contribution in [3.63, 3.8) is 0 Å². The summed E-state index contributed by atoms with van der Waals surface area (Å²) in [6, 6.07) is 4.39. The number of ether oxygens (including phenoxy) is 1. The van der Waals surface area contributed by atoms with Gasteiger partial charge < -0.3 is 4.74 Å². The van der Waals surface area contributed by atoms with Crippen molar-refractivity contribution in [1.82, 2.24) is 10.6 Å². The maximum Gasteiger partial charge on any atom is 0.328 e. The van der Waals surface area contributed by atoms with Gasteiger partial charge in [-0.05, 0) is 46.1 Å². The van der Waals surface area contributed by atoms with Crippen molar-refractivity contribution < 1.29 is 19.1 Å². The first-order valence-corrected chi connectivity index (χ1v) is 7.11. The van der Waals surface area contributed by atoms with Crippen LogP contribution >= 0.6 is 15.9 Å². The largest absolute Gasteiger partial charge is 0.492 e. The third-order valence-electron chi connectivity index (χ3n) is 2.67.